The highest BCUT2D eigenvalue weighted by molar-refractivity contribution is 7.18. The van der Waals surface area contributed by atoms with Crippen LogP contribution in [0.1, 0.15) is 26.4 Å². The molecule has 0 bridgehead atoms. The third-order valence-electron chi connectivity index (χ3n) is 6.71. The van der Waals surface area contributed by atoms with E-state index in [1.54, 1.807) is 18.3 Å². The number of aryl methyl sites for hydroxylation is 2. The Bertz CT molecular complexity index is 1500. The smallest absolute Gasteiger partial charge is 0.266 e. The summed E-state index contributed by atoms with van der Waals surface area (Å²) in [5, 5.41) is 0.640. The Balaban J connectivity index is 1.22. The van der Waals surface area contributed by atoms with Crippen LogP contribution in [0.3, 0.4) is 0 Å². The van der Waals surface area contributed by atoms with Crippen molar-refractivity contribution in [3.8, 4) is 11.5 Å². The van der Waals surface area contributed by atoms with E-state index >= 15 is 0 Å². The number of carbonyl (C=O) groups excluding carboxylic acids is 1. The van der Waals surface area contributed by atoms with Crippen molar-refractivity contribution in [3.63, 3.8) is 0 Å². The van der Waals surface area contributed by atoms with E-state index in [1.807, 2.05) is 30.9 Å². The maximum atomic E-state index is 13.5. The molecule has 2 aliphatic heterocycles. The quantitative estimate of drug-likeness (QED) is 0.452. The molecule has 8 nitrogen and oxygen atoms in total. The fraction of sp³-hybridized carbons (Fsp3) is 0.320. The molecule has 0 spiro atoms. The zero-order valence-corrected chi connectivity index (χ0v) is 19.9. The van der Waals surface area contributed by atoms with Gasteiger partial charge in [0.1, 0.15) is 4.83 Å². The number of aromatic nitrogens is 2. The Labute approximate surface area is 200 Å². The van der Waals surface area contributed by atoms with Gasteiger partial charge in [-0.05, 0) is 49.2 Å². The van der Waals surface area contributed by atoms with Gasteiger partial charge in [0.15, 0.2) is 17.1 Å². The predicted molar refractivity (Wildman–Crippen MR) is 130 cm³/mol. The van der Waals surface area contributed by atoms with Gasteiger partial charge >= 0.3 is 0 Å². The van der Waals surface area contributed by atoms with Crippen molar-refractivity contribution < 1.29 is 14.3 Å². The highest BCUT2D eigenvalue weighted by atomic mass is 32.1. The zero-order valence-electron chi connectivity index (χ0n) is 19.0. The molecule has 1 amide bonds. The van der Waals surface area contributed by atoms with E-state index in [0.29, 0.717) is 34.5 Å². The number of piperazine rings is 1. The van der Waals surface area contributed by atoms with Crippen LogP contribution in [-0.2, 0) is 6.54 Å². The minimum atomic E-state index is -0.120. The first kappa shape index (κ1) is 21.1. The number of nitrogens with zero attached hydrogens (tertiary/aromatic N) is 4. The van der Waals surface area contributed by atoms with Crippen LogP contribution in [0.25, 0.3) is 15.9 Å². The van der Waals surface area contributed by atoms with Gasteiger partial charge in [-0.2, -0.15) is 0 Å². The van der Waals surface area contributed by atoms with E-state index in [0.717, 1.165) is 47.1 Å². The first-order valence-corrected chi connectivity index (χ1v) is 12.1. The van der Waals surface area contributed by atoms with E-state index in [-0.39, 0.29) is 18.3 Å². The zero-order chi connectivity index (χ0) is 23.4. The number of benzene rings is 1. The van der Waals surface area contributed by atoms with Crippen LogP contribution in [0.2, 0.25) is 0 Å². The average molecular weight is 477 g/mol. The summed E-state index contributed by atoms with van der Waals surface area (Å²) in [7, 11) is 0. The third-order valence-corrected chi connectivity index (χ3v) is 7.81. The Morgan fingerprint density at radius 1 is 1.09 bits per heavy atom. The molecule has 5 heterocycles. The van der Waals surface area contributed by atoms with E-state index < -0.39 is 0 Å². The molecule has 0 unspecified atom stereocenters. The van der Waals surface area contributed by atoms with Crippen LogP contribution in [-0.4, -0.2) is 58.1 Å². The van der Waals surface area contributed by atoms with Gasteiger partial charge in [-0.25, -0.2) is 4.98 Å². The summed E-state index contributed by atoms with van der Waals surface area (Å²) in [5.74, 6) is 1.49. The number of rotatable bonds is 3. The Kier molecular flexibility index (Phi) is 5.04. The lowest BCUT2D eigenvalue weighted by atomic mass is 10.1. The fourth-order valence-corrected chi connectivity index (χ4v) is 5.70. The van der Waals surface area contributed by atoms with Crippen LogP contribution in [0.15, 0.2) is 41.3 Å². The number of hydrogen-bond acceptors (Lipinski definition) is 7. The summed E-state index contributed by atoms with van der Waals surface area (Å²) in [6.07, 6.45) is 1.69. The second-order valence-corrected chi connectivity index (χ2v) is 9.95. The summed E-state index contributed by atoms with van der Waals surface area (Å²) in [5.41, 5.74) is 2.89. The Morgan fingerprint density at radius 2 is 1.88 bits per heavy atom. The molecule has 0 atom stereocenters. The number of pyridine rings is 1. The van der Waals surface area contributed by atoms with E-state index in [2.05, 4.69) is 11.0 Å². The summed E-state index contributed by atoms with van der Waals surface area (Å²) in [6, 6.07) is 9.54. The van der Waals surface area contributed by atoms with Crippen LogP contribution in [0.5, 0.6) is 11.5 Å². The fourth-order valence-electron chi connectivity index (χ4n) is 4.68. The van der Waals surface area contributed by atoms with Crippen molar-refractivity contribution in [2.75, 3.05) is 33.0 Å². The molecule has 0 N–H and O–H groups in total. The molecule has 174 valence electrons. The van der Waals surface area contributed by atoms with Crippen molar-refractivity contribution in [1.82, 2.24) is 19.2 Å². The summed E-state index contributed by atoms with van der Waals surface area (Å²) in [4.78, 5) is 37.3. The first-order chi connectivity index (χ1) is 16.5. The van der Waals surface area contributed by atoms with Crippen LogP contribution in [0.4, 0.5) is 0 Å². The third kappa shape index (κ3) is 3.43. The molecule has 1 saturated heterocycles. The number of hydrogen-bond donors (Lipinski definition) is 0. The van der Waals surface area contributed by atoms with Crippen LogP contribution < -0.4 is 15.0 Å². The molecule has 3 aromatic heterocycles. The number of ether oxygens (including phenoxy) is 2. The van der Waals surface area contributed by atoms with Gasteiger partial charge in [-0.1, -0.05) is 6.07 Å². The van der Waals surface area contributed by atoms with Crippen LogP contribution in [0, 0.1) is 13.8 Å². The number of fused-ring (bicyclic) bond motifs is 3. The minimum absolute atomic E-state index is 0.0860. The van der Waals surface area contributed by atoms with Crippen molar-refractivity contribution in [2.45, 2.75) is 20.4 Å². The molecule has 0 radical (unpaired) electrons. The lowest BCUT2D eigenvalue weighted by molar-refractivity contribution is 0.0629. The van der Waals surface area contributed by atoms with Gasteiger partial charge in [0.2, 0.25) is 6.79 Å². The van der Waals surface area contributed by atoms with Gasteiger partial charge in [-0.3, -0.25) is 18.9 Å². The normalized spacial score (nSPS) is 16.0. The first-order valence-electron chi connectivity index (χ1n) is 11.3. The molecule has 4 aromatic rings. The molecule has 9 heteroatoms. The van der Waals surface area contributed by atoms with Gasteiger partial charge in [-0.15, -0.1) is 11.3 Å². The maximum Gasteiger partial charge on any atom is 0.266 e. The highest BCUT2D eigenvalue weighted by Gasteiger charge is 2.25. The molecule has 0 aliphatic carbocycles. The molecule has 34 heavy (non-hydrogen) atoms. The molecular formula is C25H24N4O4S. The molecule has 2 aliphatic rings. The van der Waals surface area contributed by atoms with Gasteiger partial charge in [0.25, 0.3) is 11.5 Å². The predicted octanol–water partition coefficient (Wildman–Crippen LogP) is 3.21. The Morgan fingerprint density at radius 3 is 2.71 bits per heavy atom. The minimum Gasteiger partial charge on any atom is -0.454 e. The second kappa shape index (κ2) is 8.11. The van der Waals surface area contributed by atoms with Gasteiger partial charge in [0, 0.05) is 43.8 Å². The molecule has 6 rings (SSSR count). The molecular weight excluding hydrogens is 452 g/mol. The summed E-state index contributed by atoms with van der Waals surface area (Å²) >= 11 is 1.50. The lowest BCUT2D eigenvalue weighted by Gasteiger charge is -2.34. The second-order valence-electron chi connectivity index (χ2n) is 8.75. The SMILES string of the molecule is Cc1sc2nc3c(C(=O)N4CCN(Cc5ccc6c(c5)OCO6)CC4)cccn3c(=O)c2c1C. The highest BCUT2D eigenvalue weighted by Crippen LogP contribution is 2.33. The van der Waals surface area contributed by atoms with E-state index in [9.17, 15) is 9.59 Å². The van der Waals surface area contributed by atoms with Crippen molar-refractivity contribution >= 4 is 33.1 Å². The Hall–Kier alpha value is -3.43. The van der Waals surface area contributed by atoms with Crippen molar-refractivity contribution in [2.24, 2.45) is 0 Å². The lowest BCUT2D eigenvalue weighted by Crippen LogP contribution is -2.48. The molecule has 1 fully saturated rings. The maximum absolute atomic E-state index is 13.5. The number of amides is 1. The number of carbonyl (C=O) groups is 1. The summed E-state index contributed by atoms with van der Waals surface area (Å²) in [6.45, 7) is 7.78. The van der Waals surface area contributed by atoms with Gasteiger partial charge < -0.3 is 14.4 Å². The van der Waals surface area contributed by atoms with E-state index in [1.165, 1.54) is 15.7 Å². The largest absolute Gasteiger partial charge is 0.454 e. The van der Waals surface area contributed by atoms with Crippen molar-refractivity contribution in [3.05, 3.63) is 68.4 Å². The molecule has 0 saturated carbocycles. The van der Waals surface area contributed by atoms with E-state index in [4.69, 9.17) is 14.5 Å². The topological polar surface area (TPSA) is 76.4 Å². The van der Waals surface area contributed by atoms with Gasteiger partial charge in [0.05, 0.1) is 10.9 Å². The van der Waals surface area contributed by atoms with Crippen LogP contribution >= 0.6 is 11.3 Å². The standard InChI is InChI=1S/C25H24N4O4S/c1-15-16(2)34-23-21(15)25(31)29-7-3-4-18(22(29)26-23)24(30)28-10-8-27(9-11-28)13-17-5-6-19-20(12-17)33-14-32-19/h3-7,12H,8-11,13-14H2,1-2H3. The summed E-state index contributed by atoms with van der Waals surface area (Å²) < 4.78 is 12.4. The monoisotopic (exact) mass is 476 g/mol. The van der Waals surface area contributed by atoms with Crippen molar-refractivity contribution in [1.29, 1.82) is 0 Å². The average Bonchev–Trinajstić information content (AvgIpc) is 3.42. The molecule has 1 aromatic carbocycles. The number of thiophene rings is 1.